The zero-order chi connectivity index (χ0) is 27.1. The number of piperidine rings is 2. The lowest BCUT2D eigenvalue weighted by Gasteiger charge is -2.48. The maximum absolute atomic E-state index is 13.1. The molecule has 2 fully saturated rings. The van der Waals surface area contributed by atoms with Gasteiger partial charge in [-0.3, -0.25) is 14.5 Å². The number of nitrogens with one attached hydrogen (secondary N) is 1. The molecule has 6 nitrogen and oxygen atoms in total. The lowest BCUT2D eigenvalue weighted by atomic mass is 9.83. The molecule has 4 rings (SSSR count). The summed E-state index contributed by atoms with van der Waals surface area (Å²) in [6.07, 6.45) is 6.16. The van der Waals surface area contributed by atoms with Gasteiger partial charge in [-0.15, -0.1) is 24.8 Å². The van der Waals surface area contributed by atoms with Crippen LogP contribution < -0.4 is 5.32 Å². The van der Waals surface area contributed by atoms with Crippen LogP contribution in [0.5, 0.6) is 0 Å². The van der Waals surface area contributed by atoms with E-state index < -0.39 is 5.54 Å². The van der Waals surface area contributed by atoms with Crippen LogP contribution >= 0.6 is 48.0 Å². The quantitative estimate of drug-likeness (QED) is 0.361. The van der Waals surface area contributed by atoms with E-state index in [1.165, 1.54) is 19.3 Å². The summed E-state index contributed by atoms with van der Waals surface area (Å²) in [6.45, 7) is 5.26. The van der Waals surface area contributed by atoms with Crippen molar-refractivity contribution in [3.05, 3.63) is 69.7 Å². The topological polar surface area (TPSA) is 55.9 Å². The summed E-state index contributed by atoms with van der Waals surface area (Å²) in [5, 5.41) is 4.01. The van der Waals surface area contributed by atoms with Gasteiger partial charge in [-0.1, -0.05) is 53.9 Å². The molecule has 1 unspecified atom stereocenters. The first-order valence-electron chi connectivity index (χ1n) is 13.8. The van der Waals surface area contributed by atoms with Gasteiger partial charge in [-0.25, -0.2) is 0 Å². The van der Waals surface area contributed by atoms with Crippen molar-refractivity contribution in [2.75, 3.05) is 53.4 Å². The smallest absolute Gasteiger partial charge is 0.253 e. The SMILES string of the molecule is CNC(=O)C1(N2CCCCC2)CCN(CCC(CN(C)C(=O)c2ccccc2)c2ccc(Cl)c(Cl)c2)CC1.Cl.Cl. The van der Waals surface area contributed by atoms with E-state index >= 15 is 0 Å². The predicted octanol–water partition coefficient (Wildman–Crippen LogP) is 6.15. The highest BCUT2D eigenvalue weighted by molar-refractivity contribution is 6.42. The zero-order valence-electron chi connectivity index (χ0n) is 23.4. The summed E-state index contributed by atoms with van der Waals surface area (Å²) < 4.78 is 0. The number of rotatable bonds is 9. The van der Waals surface area contributed by atoms with Crippen molar-refractivity contribution in [2.45, 2.75) is 50.0 Å². The second kappa shape index (κ2) is 16.2. The van der Waals surface area contributed by atoms with Gasteiger partial charge >= 0.3 is 0 Å². The van der Waals surface area contributed by atoms with E-state index in [1.807, 2.05) is 55.6 Å². The number of carbonyl (C=O) groups excluding carboxylic acids is 2. The van der Waals surface area contributed by atoms with Crippen LogP contribution in [0.1, 0.15) is 60.4 Å². The lowest BCUT2D eigenvalue weighted by Crippen LogP contribution is -2.63. The van der Waals surface area contributed by atoms with Crippen molar-refractivity contribution in [2.24, 2.45) is 0 Å². The number of likely N-dealkylation sites (tertiary alicyclic amines) is 2. The van der Waals surface area contributed by atoms with Crippen molar-refractivity contribution in [1.29, 1.82) is 0 Å². The van der Waals surface area contributed by atoms with E-state index in [1.54, 1.807) is 11.9 Å². The second-order valence-corrected chi connectivity index (χ2v) is 11.5. The molecule has 2 aliphatic heterocycles. The molecular weight excluding hydrogens is 590 g/mol. The van der Waals surface area contributed by atoms with Gasteiger partial charge in [0.05, 0.1) is 10.0 Å². The van der Waals surface area contributed by atoms with Crippen LogP contribution in [0.2, 0.25) is 10.0 Å². The van der Waals surface area contributed by atoms with Crippen LogP contribution in [0.3, 0.4) is 0 Å². The van der Waals surface area contributed by atoms with Gasteiger partial charge in [0.1, 0.15) is 5.54 Å². The highest BCUT2D eigenvalue weighted by Crippen LogP contribution is 2.33. The van der Waals surface area contributed by atoms with Crippen molar-refractivity contribution in [3.63, 3.8) is 0 Å². The third-order valence-electron chi connectivity index (χ3n) is 8.36. The molecule has 1 atom stereocenters. The van der Waals surface area contributed by atoms with E-state index in [-0.39, 0.29) is 42.5 Å². The Morgan fingerprint density at radius 3 is 2.20 bits per heavy atom. The molecule has 1 N–H and O–H groups in total. The van der Waals surface area contributed by atoms with Crippen LogP contribution in [0.4, 0.5) is 0 Å². The summed E-state index contributed by atoms with van der Waals surface area (Å²) >= 11 is 12.6. The molecule has 0 spiro atoms. The molecule has 0 radical (unpaired) electrons. The number of likely N-dealkylation sites (N-methyl/N-ethyl adjacent to an activating group) is 2. The minimum absolute atomic E-state index is 0. The first kappa shape index (κ1) is 34.7. The first-order chi connectivity index (χ1) is 18.3. The fraction of sp³-hybridized carbons (Fsp3) is 0.533. The van der Waals surface area contributed by atoms with E-state index in [9.17, 15) is 9.59 Å². The zero-order valence-corrected chi connectivity index (χ0v) is 26.6. The number of benzene rings is 2. The Kier molecular flexibility index (Phi) is 14.0. The summed E-state index contributed by atoms with van der Waals surface area (Å²) in [6, 6.07) is 15.2. The van der Waals surface area contributed by atoms with Crippen LogP contribution in [0, 0.1) is 0 Å². The van der Waals surface area contributed by atoms with Gasteiger partial charge in [0, 0.05) is 45.2 Å². The van der Waals surface area contributed by atoms with E-state index in [4.69, 9.17) is 23.2 Å². The molecule has 222 valence electrons. The molecule has 0 saturated carbocycles. The molecule has 0 aliphatic carbocycles. The number of amides is 2. The normalized spacial score (nSPS) is 18.1. The van der Waals surface area contributed by atoms with Crippen LogP contribution in [0.15, 0.2) is 48.5 Å². The molecular formula is C30H42Cl4N4O2. The number of carbonyl (C=O) groups is 2. The van der Waals surface area contributed by atoms with Gasteiger partial charge in [0.25, 0.3) is 5.91 Å². The summed E-state index contributed by atoms with van der Waals surface area (Å²) in [4.78, 5) is 32.9. The molecule has 10 heteroatoms. The van der Waals surface area contributed by atoms with Crippen molar-refractivity contribution >= 4 is 59.8 Å². The lowest BCUT2D eigenvalue weighted by molar-refractivity contribution is -0.137. The average Bonchev–Trinajstić information content (AvgIpc) is 2.97. The van der Waals surface area contributed by atoms with Crippen LogP contribution in [-0.4, -0.2) is 85.4 Å². The standard InChI is InChI=1S/C30H40Cl2N4O2.2ClH/c1-33-29(38)30(36-16-7-4-8-17-36)14-19-35(20-15-30)18-13-25(24-11-12-26(31)27(32)21-24)22-34(2)28(37)23-9-5-3-6-10-23;;/h3,5-6,9-12,21,25H,4,7-8,13-20,22H2,1-2H3,(H,33,38);2*1H. The third-order valence-corrected chi connectivity index (χ3v) is 9.10. The van der Waals surface area contributed by atoms with Gasteiger partial charge in [0.2, 0.25) is 5.91 Å². The Morgan fingerprint density at radius 1 is 0.950 bits per heavy atom. The van der Waals surface area contributed by atoms with Gasteiger partial charge in [-0.2, -0.15) is 0 Å². The maximum atomic E-state index is 13.1. The molecule has 40 heavy (non-hydrogen) atoms. The average molecular weight is 633 g/mol. The highest BCUT2D eigenvalue weighted by Gasteiger charge is 2.45. The number of hydrogen-bond donors (Lipinski definition) is 1. The molecule has 2 amide bonds. The molecule has 2 aliphatic rings. The summed E-state index contributed by atoms with van der Waals surface area (Å²) in [5.74, 6) is 0.273. The molecule has 0 bridgehead atoms. The molecule has 2 aromatic carbocycles. The monoisotopic (exact) mass is 630 g/mol. The fourth-order valence-corrected chi connectivity index (χ4v) is 6.38. The summed E-state index contributed by atoms with van der Waals surface area (Å²) in [5.41, 5.74) is 1.37. The Balaban J connectivity index is 0.00000280. The van der Waals surface area contributed by atoms with Gasteiger partial charge in [-0.05, 0) is 81.6 Å². The molecule has 2 aromatic rings. The van der Waals surface area contributed by atoms with Crippen molar-refractivity contribution in [3.8, 4) is 0 Å². The van der Waals surface area contributed by atoms with E-state index in [2.05, 4.69) is 15.1 Å². The second-order valence-electron chi connectivity index (χ2n) is 10.7. The number of nitrogens with zero attached hydrogens (tertiary/aromatic N) is 3. The minimum Gasteiger partial charge on any atom is -0.358 e. The maximum Gasteiger partial charge on any atom is 0.253 e. The first-order valence-corrected chi connectivity index (χ1v) is 14.5. The number of hydrogen-bond acceptors (Lipinski definition) is 4. The Morgan fingerprint density at radius 2 is 1.60 bits per heavy atom. The molecule has 2 heterocycles. The Labute approximate surface area is 261 Å². The van der Waals surface area contributed by atoms with Crippen molar-refractivity contribution < 1.29 is 9.59 Å². The molecule has 2 saturated heterocycles. The Hall–Kier alpha value is -1.54. The van der Waals surface area contributed by atoms with Crippen LogP contribution in [0.25, 0.3) is 0 Å². The van der Waals surface area contributed by atoms with Gasteiger partial charge in [0.15, 0.2) is 0 Å². The number of halogens is 4. The molecule has 0 aromatic heterocycles. The highest BCUT2D eigenvalue weighted by atomic mass is 35.5. The fourth-order valence-electron chi connectivity index (χ4n) is 6.07. The van der Waals surface area contributed by atoms with Gasteiger partial charge < -0.3 is 15.1 Å². The minimum atomic E-state index is -0.392. The Bertz CT molecular complexity index is 1090. The van der Waals surface area contributed by atoms with Crippen LogP contribution in [-0.2, 0) is 4.79 Å². The third kappa shape index (κ3) is 8.27. The largest absolute Gasteiger partial charge is 0.358 e. The summed E-state index contributed by atoms with van der Waals surface area (Å²) in [7, 11) is 3.62. The predicted molar refractivity (Wildman–Crippen MR) is 170 cm³/mol. The van der Waals surface area contributed by atoms with E-state index in [0.717, 1.165) is 57.5 Å². The van der Waals surface area contributed by atoms with E-state index in [0.29, 0.717) is 22.2 Å². The van der Waals surface area contributed by atoms with Crippen molar-refractivity contribution in [1.82, 2.24) is 20.0 Å².